The van der Waals surface area contributed by atoms with Crippen LogP contribution in [0.3, 0.4) is 0 Å². The second kappa shape index (κ2) is 7.70. The summed E-state index contributed by atoms with van der Waals surface area (Å²) in [6.07, 6.45) is 1.05. The predicted molar refractivity (Wildman–Crippen MR) is 86.2 cm³/mol. The lowest BCUT2D eigenvalue weighted by molar-refractivity contribution is 0.409. The highest BCUT2D eigenvalue weighted by Gasteiger charge is 2.09. The van der Waals surface area contributed by atoms with E-state index in [-0.39, 0.29) is 0 Å². The number of methoxy groups -OCH3 is 1. The maximum atomic E-state index is 5.93. The van der Waals surface area contributed by atoms with Crippen molar-refractivity contribution in [1.29, 1.82) is 0 Å². The van der Waals surface area contributed by atoms with Crippen molar-refractivity contribution in [3.8, 4) is 17.2 Å². The van der Waals surface area contributed by atoms with Crippen LogP contribution < -0.4 is 14.8 Å². The maximum Gasteiger partial charge on any atom is 0.131 e. The van der Waals surface area contributed by atoms with Crippen molar-refractivity contribution >= 4 is 0 Å². The lowest BCUT2D eigenvalue weighted by atomic mass is 10.0. The fourth-order valence-corrected chi connectivity index (χ4v) is 2.34. The van der Waals surface area contributed by atoms with Crippen molar-refractivity contribution in [3.05, 3.63) is 54.1 Å². The van der Waals surface area contributed by atoms with Crippen molar-refractivity contribution < 1.29 is 9.47 Å². The summed E-state index contributed by atoms with van der Waals surface area (Å²) < 4.78 is 11.1. The Morgan fingerprint density at radius 3 is 2.29 bits per heavy atom. The summed E-state index contributed by atoms with van der Waals surface area (Å²) in [5, 5.41) is 3.48. The molecule has 0 bridgehead atoms. The second-order valence-corrected chi connectivity index (χ2v) is 4.87. The van der Waals surface area contributed by atoms with Gasteiger partial charge in [-0.3, -0.25) is 0 Å². The molecule has 112 valence electrons. The van der Waals surface area contributed by atoms with Crippen molar-refractivity contribution in [1.82, 2.24) is 5.32 Å². The molecule has 3 heteroatoms. The molecule has 2 rings (SSSR count). The van der Waals surface area contributed by atoms with Gasteiger partial charge in [0.05, 0.1) is 7.11 Å². The normalized spacial score (nSPS) is 12.0. The molecule has 0 heterocycles. The fourth-order valence-electron chi connectivity index (χ4n) is 2.34. The second-order valence-electron chi connectivity index (χ2n) is 4.87. The van der Waals surface area contributed by atoms with E-state index in [0.29, 0.717) is 6.04 Å². The molecule has 0 aliphatic heterocycles. The summed E-state index contributed by atoms with van der Waals surface area (Å²) in [4.78, 5) is 0. The Bertz CT molecular complexity index is 569. The van der Waals surface area contributed by atoms with Gasteiger partial charge in [-0.2, -0.15) is 0 Å². The largest absolute Gasteiger partial charge is 0.497 e. The SMILES string of the molecule is CCNC(CC)c1cccc(Oc2cccc(OC)c2)c1. The first kappa shape index (κ1) is 15.4. The van der Waals surface area contributed by atoms with Crippen LogP contribution in [0.4, 0.5) is 0 Å². The third-order valence-electron chi connectivity index (χ3n) is 3.40. The van der Waals surface area contributed by atoms with Gasteiger partial charge in [-0.15, -0.1) is 0 Å². The summed E-state index contributed by atoms with van der Waals surface area (Å²) in [5.74, 6) is 2.42. The molecule has 1 atom stereocenters. The van der Waals surface area contributed by atoms with Crippen LogP contribution in [-0.2, 0) is 0 Å². The Labute approximate surface area is 126 Å². The molecule has 0 amide bonds. The molecule has 0 radical (unpaired) electrons. The molecular weight excluding hydrogens is 262 g/mol. The minimum absolute atomic E-state index is 0.365. The van der Waals surface area contributed by atoms with Crippen LogP contribution in [0, 0.1) is 0 Å². The zero-order valence-electron chi connectivity index (χ0n) is 12.9. The first-order chi connectivity index (χ1) is 10.3. The molecule has 0 aliphatic carbocycles. The fraction of sp³-hybridized carbons (Fsp3) is 0.333. The first-order valence-corrected chi connectivity index (χ1v) is 7.42. The number of hydrogen-bond acceptors (Lipinski definition) is 3. The highest BCUT2D eigenvalue weighted by molar-refractivity contribution is 5.38. The number of nitrogens with one attached hydrogen (secondary N) is 1. The standard InChI is InChI=1S/C18H23NO2/c1-4-18(19-5-2)14-8-6-10-16(12-14)21-17-11-7-9-15(13-17)20-3/h6-13,18-19H,4-5H2,1-3H3. The average Bonchev–Trinajstić information content (AvgIpc) is 2.53. The van der Waals surface area contributed by atoms with Crippen LogP contribution >= 0.6 is 0 Å². The third-order valence-corrected chi connectivity index (χ3v) is 3.40. The average molecular weight is 285 g/mol. The van der Waals surface area contributed by atoms with E-state index in [9.17, 15) is 0 Å². The lowest BCUT2D eigenvalue weighted by Gasteiger charge is -2.17. The summed E-state index contributed by atoms with van der Waals surface area (Å²) >= 11 is 0. The maximum absolute atomic E-state index is 5.93. The van der Waals surface area contributed by atoms with E-state index < -0.39 is 0 Å². The van der Waals surface area contributed by atoms with Gasteiger partial charge < -0.3 is 14.8 Å². The molecule has 1 unspecified atom stereocenters. The summed E-state index contributed by atoms with van der Waals surface area (Å²) in [6, 6.07) is 16.2. The zero-order chi connectivity index (χ0) is 15.1. The number of hydrogen-bond donors (Lipinski definition) is 1. The van der Waals surface area contributed by atoms with Gasteiger partial charge in [0.2, 0.25) is 0 Å². The molecule has 0 fully saturated rings. The Balaban J connectivity index is 2.16. The summed E-state index contributed by atoms with van der Waals surface area (Å²) in [6.45, 7) is 5.27. The van der Waals surface area contributed by atoms with Crippen molar-refractivity contribution in [2.24, 2.45) is 0 Å². The molecule has 3 nitrogen and oxygen atoms in total. The Morgan fingerprint density at radius 2 is 1.62 bits per heavy atom. The van der Waals surface area contributed by atoms with Crippen LogP contribution in [-0.4, -0.2) is 13.7 Å². The highest BCUT2D eigenvalue weighted by atomic mass is 16.5. The van der Waals surface area contributed by atoms with E-state index in [0.717, 1.165) is 30.2 Å². The summed E-state index contributed by atoms with van der Waals surface area (Å²) in [5.41, 5.74) is 1.25. The summed E-state index contributed by atoms with van der Waals surface area (Å²) in [7, 11) is 1.65. The molecule has 1 N–H and O–H groups in total. The number of ether oxygens (including phenoxy) is 2. The molecule has 0 aromatic heterocycles. The predicted octanol–water partition coefficient (Wildman–Crippen LogP) is 4.55. The molecule has 0 spiro atoms. The minimum atomic E-state index is 0.365. The lowest BCUT2D eigenvalue weighted by Crippen LogP contribution is -2.19. The van der Waals surface area contributed by atoms with Gasteiger partial charge in [-0.1, -0.05) is 32.0 Å². The van der Waals surface area contributed by atoms with Gasteiger partial charge >= 0.3 is 0 Å². The van der Waals surface area contributed by atoms with E-state index in [4.69, 9.17) is 9.47 Å². The van der Waals surface area contributed by atoms with E-state index in [1.165, 1.54) is 5.56 Å². The van der Waals surface area contributed by atoms with Crippen LogP contribution in [0.25, 0.3) is 0 Å². The molecule has 2 aromatic carbocycles. The molecule has 0 aliphatic rings. The Kier molecular flexibility index (Phi) is 5.64. The quantitative estimate of drug-likeness (QED) is 0.809. The Morgan fingerprint density at radius 1 is 0.952 bits per heavy atom. The van der Waals surface area contributed by atoms with Crippen molar-refractivity contribution in [2.75, 3.05) is 13.7 Å². The van der Waals surface area contributed by atoms with E-state index in [2.05, 4.69) is 31.3 Å². The zero-order valence-corrected chi connectivity index (χ0v) is 12.9. The molecule has 2 aromatic rings. The van der Waals surface area contributed by atoms with Crippen LogP contribution in [0.2, 0.25) is 0 Å². The third kappa shape index (κ3) is 4.23. The van der Waals surface area contributed by atoms with Gasteiger partial charge in [0.15, 0.2) is 0 Å². The van der Waals surface area contributed by atoms with Crippen LogP contribution in [0.15, 0.2) is 48.5 Å². The van der Waals surface area contributed by atoms with Gasteiger partial charge in [0.1, 0.15) is 17.2 Å². The molecular formula is C18H23NO2. The highest BCUT2D eigenvalue weighted by Crippen LogP contribution is 2.27. The molecule has 21 heavy (non-hydrogen) atoms. The smallest absolute Gasteiger partial charge is 0.131 e. The van der Waals surface area contributed by atoms with Crippen molar-refractivity contribution in [3.63, 3.8) is 0 Å². The monoisotopic (exact) mass is 285 g/mol. The van der Waals surface area contributed by atoms with Crippen LogP contribution in [0.5, 0.6) is 17.2 Å². The molecule has 0 saturated heterocycles. The first-order valence-electron chi connectivity index (χ1n) is 7.42. The van der Waals surface area contributed by atoms with Crippen LogP contribution in [0.1, 0.15) is 31.9 Å². The van der Waals surface area contributed by atoms with Gasteiger partial charge in [-0.25, -0.2) is 0 Å². The van der Waals surface area contributed by atoms with E-state index in [1.54, 1.807) is 7.11 Å². The van der Waals surface area contributed by atoms with Gasteiger partial charge in [-0.05, 0) is 42.8 Å². The minimum Gasteiger partial charge on any atom is -0.497 e. The van der Waals surface area contributed by atoms with Gasteiger partial charge in [0, 0.05) is 12.1 Å². The van der Waals surface area contributed by atoms with E-state index in [1.807, 2.05) is 36.4 Å². The number of rotatable bonds is 7. The van der Waals surface area contributed by atoms with E-state index >= 15 is 0 Å². The Hall–Kier alpha value is -2.00. The van der Waals surface area contributed by atoms with Gasteiger partial charge in [0.25, 0.3) is 0 Å². The molecule has 0 saturated carbocycles. The van der Waals surface area contributed by atoms with Crippen molar-refractivity contribution in [2.45, 2.75) is 26.3 Å². The topological polar surface area (TPSA) is 30.5 Å². The number of benzene rings is 2.